The second-order valence-electron chi connectivity index (χ2n) is 7.05. The summed E-state index contributed by atoms with van der Waals surface area (Å²) in [6.07, 6.45) is 7.50. The molecule has 20 heavy (non-hydrogen) atoms. The summed E-state index contributed by atoms with van der Waals surface area (Å²) < 4.78 is 5.47. The maximum atomic E-state index is 5.47. The smallest absolute Gasteiger partial charge is 0.157 e. The van der Waals surface area contributed by atoms with Gasteiger partial charge in [-0.25, -0.2) is 0 Å². The SMILES string of the molecule is CCCCCC(C)(C)CN=C1NC2(CCOCC2)CS1. The lowest BCUT2D eigenvalue weighted by molar-refractivity contribution is 0.0555. The molecule has 116 valence electrons. The maximum absolute atomic E-state index is 5.47. The largest absolute Gasteiger partial charge is 0.381 e. The van der Waals surface area contributed by atoms with Gasteiger partial charge in [0.2, 0.25) is 0 Å². The summed E-state index contributed by atoms with van der Waals surface area (Å²) in [6.45, 7) is 9.68. The fourth-order valence-corrected chi connectivity index (χ4v) is 4.06. The van der Waals surface area contributed by atoms with Crippen LogP contribution in [0.15, 0.2) is 4.99 Å². The number of amidine groups is 1. The van der Waals surface area contributed by atoms with Crippen LogP contribution in [0.1, 0.15) is 59.3 Å². The number of unbranched alkanes of at least 4 members (excludes halogenated alkanes) is 2. The van der Waals surface area contributed by atoms with Crippen LogP contribution >= 0.6 is 11.8 Å². The molecule has 0 aromatic carbocycles. The van der Waals surface area contributed by atoms with Crippen LogP contribution in [0.3, 0.4) is 0 Å². The predicted octanol–water partition coefficient (Wildman–Crippen LogP) is 3.83. The molecule has 1 N–H and O–H groups in total. The molecule has 0 aromatic heterocycles. The number of nitrogens with zero attached hydrogens (tertiary/aromatic N) is 1. The summed E-state index contributed by atoms with van der Waals surface area (Å²) in [6, 6.07) is 0. The van der Waals surface area contributed by atoms with Gasteiger partial charge in [-0.15, -0.1) is 0 Å². The molecule has 0 bridgehead atoms. The molecule has 2 rings (SSSR count). The molecule has 4 heteroatoms. The third-order valence-corrected chi connectivity index (χ3v) is 5.62. The minimum atomic E-state index is 0.272. The minimum Gasteiger partial charge on any atom is -0.381 e. The number of rotatable bonds is 6. The fourth-order valence-electron chi connectivity index (χ4n) is 2.84. The zero-order chi connectivity index (χ0) is 14.5. The molecule has 0 aromatic rings. The van der Waals surface area contributed by atoms with Crippen LogP contribution in [-0.4, -0.2) is 36.2 Å². The highest BCUT2D eigenvalue weighted by molar-refractivity contribution is 8.14. The van der Waals surface area contributed by atoms with Gasteiger partial charge in [-0.2, -0.15) is 0 Å². The first-order valence-corrected chi connectivity index (χ1v) is 9.07. The molecular weight excluding hydrogens is 268 g/mol. The molecule has 0 unspecified atom stereocenters. The maximum Gasteiger partial charge on any atom is 0.157 e. The van der Waals surface area contributed by atoms with E-state index in [1.165, 1.54) is 25.7 Å². The molecule has 2 aliphatic heterocycles. The molecule has 2 fully saturated rings. The van der Waals surface area contributed by atoms with Gasteiger partial charge < -0.3 is 10.1 Å². The van der Waals surface area contributed by atoms with Gasteiger partial charge in [0.15, 0.2) is 5.17 Å². The molecule has 2 saturated heterocycles. The Bertz CT molecular complexity index is 335. The topological polar surface area (TPSA) is 33.6 Å². The van der Waals surface area contributed by atoms with Gasteiger partial charge in [-0.05, 0) is 24.7 Å². The van der Waals surface area contributed by atoms with Crippen molar-refractivity contribution in [3.63, 3.8) is 0 Å². The summed E-state index contributed by atoms with van der Waals surface area (Å²) in [4.78, 5) is 4.85. The van der Waals surface area contributed by atoms with Gasteiger partial charge >= 0.3 is 0 Å². The minimum absolute atomic E-state index is 0.272. The molecule has 0 atom stereocenters. The highest BCUT2D eigenvalue weighted by Crippen LogP contribution is 2.32. The Kier molecular flexibility index (Phi) is 5.79. The Morgan fingerprint density at radius 3 is 2.75 bits per heavy atom. The van der Waals surface area contributed by atoms with Crippen molar-refractivity contribution in [1.82, 2.24) is 5.32 Å². The summed E-state index contributed by atoms with van der Waals surface area (Å²) in [7, 11) is 0. The highest BCUT2D eigenvalue weighted by atomic mass is 32.2. The second kappa shape index (κ2) is 7.17. The van der Waals surface area contributed by atoms with E-state index in [0.29, 0.717) is 5.41 Å². The molecule has 0 amide bonds. The van der Waals surface area contributed by atoms with Crippen LogP contribution in [0.2, 0.25) is 0 Å². The molecule has 2 heterocycles. The summed E-state index contributed by atoms with van der Waals surface area (Å²) >= 11 is 1.90. The fraction of sp³-hybridized carbons (Fsp3) is 0.938. The Balaban J connectivity index is 1.80. The van der Waals surface area contributed by atoms with E-state index in [0.717, 1.165) is 43.5 Å². The summed E-state index contributed by atoms with van der Waals surface area (Å²) in [5.41, 5.74) is 0.601. The van der Waals surface area contributed by atoms with Crippen molar-refractivity contribution in [2.75, 3.05) is 25.5 Å². The van der Waals surface area contributed by atoms with E-state index in [4.69, 9.17) is 9.73 Å². The van der Waals surface area contributed by atoms with E-state index in [1.807, 2.05) is 11.8 Å². The van der Waals surface area contributed by atoms with E-state index in [2.05, 4.69) is 26.1 Å². The number of hydrogen-bond acceptors (Lipinski definition) is 3. The van der Waals surface area contributed by atoms with E-state index in [9.17, 15) is 0 Å². The van der Waals surface area contributed by atoms with Gasteiger partial charge in [-0.3, -0.25) is 4.99 Å². The monoisotopic (exact) mass is 298 g/mol. The third kappa shape index (κ3) is 4.66. The van der Waals surface area contributed by atoms with Crippen molar-refractivity contribution in [2.24, 2.45) is 10.4 Å². The van der Waals surface area contributed by atoms with Crippen LogP contribution in [0.25, 0.3) is 0 Å². The number of ether oxygens (including phenoxy) is 1. The predicted molar refractivity (Wildman–Crippen MR) is 88.6 cm³/mol. The number of aliphatic imine (C=N–C) groups is 1. The number of nitrogens with one attached hydrogen (secondary N) is 1. The lowest BCUT2D eigenvalue weighted by Gasteiger charge is -2.32. The van der Waals surface area contributed by atoms with Gasteiger partial charge in [0.1, 0.15) is 0 Å². The first-order chi connectivity index (χ1) is 9.55. The van der Waals surface area contributed by atoms with Crippen molar-refractivity contribution in [2.45, 2.75) is 64.8 Å². The summed E-state index contributed by atoms with van der Waals surface area (Å²) in [5, 5.41) is 4.84. The Labute approximate surface area is 128 Å². The van der Waals surface area contributed by atoms with Crippen molar-refractivity contribution >= 4 is 16.9 Å². The molecular formula is C16H30N2OS. The van der Waals surface area contributed by atoms with Gasteiger partial charge in [0, 0.05) is 25.5 Å². The van der Waals surface area contributed by atoms with E-state index >= 15 is 0 Å². The first kappa shape index (κ1) is 16.2. The molecule has 2 aliphatic rings. The van der Waals surface area contributed by atoms with Crippen LogP contribution in [0, 0.1) is 5.41 Å². The normalized spacial score (nSPS) is 24.2. The Morgan fingerprint density at radius 2 is 2.05 bits per heavy atom. The second-order valence-corrected chi connectivity index (χ2v) is 8.01. The van der Waals surface area contributed by atoms with Crippen molar-refractivity contribution in [3.05, 3.63) is 0 Å². The first-order valence-electron chi connectivity index (χ1n) is 8.08. The molecule has 0 aliphatic carbocycles. The lowest BCUT2D eigenvalue weighted by Crippen LogP contribution is -2.48. The number of hydrogen-bond donors (Lipinski definition) is 1. The van der Waals surface area contributed by atoms with Crippen LogP contribution in [0.5, 0.6) is 0 Å². The van der Waals surface area contributed by atoms with Crippen LogP contribution in [-0.2, 0) is 4.74 Å². The summed E-state index contributed by atoms with van der Waals surface area (Å²) in [5.74, 6) is 1.16. The Hall–Kier alpha value is -0.220. The van der Waals surface area contributed by atoms with E-state index < -0.39 is 0 Å². The number of thioether (sulfide) groups is 1. The quantitative estimate of drug-likeness (QED) is 0.757. The van der Waals surface area contributed by atoms with Crippen molar-refractivity contribution < 1.29 is 4.74 Å². The molecule has 0 saturated carbocycles. The average Bonchev–Trinajstić information content (AvgIpc) is 2.81. The van der Waals surface area contributed by atoms with E-state index in [1.54, 1.807) is 0 Å². The Morgan fingerprint density at radius 1 is 1.30 bits per heavy atom. The third-order valence-electron chi connectivity index (χ3n) is 4.41. The van der Waals surface area contributed by atoms with Crippen LogP contribution in [0.4, 0.5) is 0 Å². The van der Waals surface area contributed by atoms with Crippen molar-refractivity contribution in [1.29, 1.82) is 0 Å². The van der Waals surface area contributed by atoms with Crippen LogP contribution < -0.4 is 5.32 Å². The molecule has 0 radical (unpaired) electrons. The standard InChI is InChI=1S/C16H30N2OS/c1-4-5-6-7-15(2,3)12-17-14-18-16(13-20-14)8-10-19-11-9-16/h4-13H2,1-3H3,(H,17,18). The average molecular weight is 298 g/mol. The zero-order valence-corrected chi connectivity index (χ0v) is 14.2. The van der Waals surface area contributed by atoms with Gasteiger partial charge in [0.05, 0.1) is 5.54 Å². The van der Waals surface area contributed by atoms with E-state index in [-0.39, 0.29) is 5.54 Å². The lowest BCUT2D eigenvalue weighted by atomic mass is 9.87. The molecule has 1 spiro atoms. The highest BCUT2D eigenvalue weighted by Gasteiger charge is 2.38. The zero-order valence-electron chi connectivity index (χ0n) is 13.3. The van der Waals surface area contributed by atoms with Gasteiger partial charge in [0.25, 0.3) is 0 Å². The molecule has 3 nitrogen and oxygen atoms in total. The van der Waals surface area contributed by atoms with Gasteiger partial charge in [-0.1, -0.05) is 51.8 Å². The van der Waals surface area contributed by atoms with Crippen molar-refractivity contribution in [3.8, 4) is 0 Å².